The van der Waals surface area contributed by atoms with Crippen LogP contribution in [0.25, 0.3) is 0 Å². The van der Waals surface area contributed by atoms with E-state index in [2.05, 4.69) is 22.6 Å². The average molecular weight is 357 g/mol. The van der Waals surface area contributed by atoms with Crippen LogP contribution < -0.4 is 0 Å². The lowest BCUT2D eigenvalue weighted by molar-refractivity contribution is -0.134. The van der Waals surface area contributed by atoms with Crippen LogP contribution in [0.5, 0.6) is 0 Å². The zero-order chi connectivity index (χ0) is 11.8. The molecule has 0 saturated carbocycles. The van der Waals surface area contributed by atoms with E-state index in [1.54, 1.807) is 0 Å². The highest BCUT2D eigenvalue weighted by molar-refractivity contribution is 14.1. The lowest BCUT2D eigenvalue weighted by atomic mass is 10.0. The predicted octanol–water partition coefficient (Wildman–Crippen LogP) is 0.847. The van der Waals surface area contributed by atoms with Crippen LogP contribution in [0.1, 0.15) is 19.3 Å². The Balaban J connectivity index is 1.92. The summed E-state index contributed by atoms with van der Waals surface area (Å²) in [5, 5.41) is 0. The van der Waals surface area contributed by atoms with E-state index in [0.29, 0.717) is 16.8 Å². The Morgan fingerprint density at radius 1 is 1.19 bits per heavy atom. The van der Waals surface area contributed by atoms with Crippen LogP contribution in [-0.2, 0) is 14.6 Å². The van der Waals surface area contributed by atoms with E-state index < -0.39 is 9.84 Å². The molecule has 0 radical (unpaired) electrons. The molecule has 2 aliphatic rings. The van der Waals surface area contributed by atoms with Gasteiger partial charge in [-0.3, -0.25) is 4.79 Å². The minimum atomic E-state index is -2.86. The summed E-state index contributed by atoms with van der Waals surface area (Å²) in [6.45, 7) is 1.68. The minimum absolute atomic E-state index is 0.0507. The molecule has 1 amide bonds. The van der Waals surface area contributed by atoms with Crippen molar-refractivity contribution in [3.63, 3.8) is 0 Å². The largest absolute Gasteiger partial charge is 0.341 e. The van der Waals surface area contributed by atoms with Crippen molar-refractivity contribution in [3.8, 4) is 0 Å². The van der Waals surface area contributed by atoms with E-state index in [9.17, 15) is 13.2 Å². The lowest BCUT2D eigenvalue weighted by Crippen LogP contribution is -2.38. The molecule has 0 aliphatic carbocycles. The topological polar surface area (TPSA) is 54.5 Å². The van der Waals surface area contributed by atoms with Gasteiger partial charge in [-0.15, -0.1) is 0 Å². The van der Waals surface area contributed by atoms with Gasteiger partial charge in [0.2, 0.25) is 5.91 Å². The van der Waals surface area contributed by atoms with Gasteiger partial charge in [-0.25, -0.2) is 8.42 Å². The summed E-state index contributed by atoms with van der Waals surface area (Å²) in [5.74, 6) is 0.495. The number of hydrogen-bond acceptors (Lipinski definition) is 3. The molecule has 2 aliphatic heterocycles. The Kier molecular flexibility index (Phi) is 3.78. The number of amides is 1. The van der Waals surface area contributed by atoms with Crippen molar-refractivity contribution in [2.45, 2.75) is 23.2 Å². The fraction of sp³-hybridized carbons (Fsp3) is 0.900. The molecule has 0 aromatic heterocycles. The second-order valence-corrected chi connectivity index (χ2v) is 8.66. The SMILES string of the molecule is O=C(C1CCS(=O)(=O)CC1)N1CC[C@H](I)C1. The first-order valence-corrected chi connectivity index (χ1v) is 8.68. The van der Waals surface area contributed by atoms with Crippen LogP contribution in [0.4, 0.5) is 0 Å². The summed E-state index contributed by atoms with van der Waals surface area (Å²) in [7, 11) is -2.86. The van der Waals surface area contributed by atoms with Crippen LogP contribution in [0.15, 0.2) is 0 Å². The van der Waals surface area contributed by atoms with Crippen LogP contribution in [0.2, 0.25) is 0 Å². The van der Waals surface area contributed by atoms with E-state index in [1.165, 1.54) is 0 Å². The zero-order valence-electron chi connectivity index (χ0n) is 9.06. The Morgan fingerprint density at radius 3 is 2.31 bits per heavy atom. The summed E-state index contributed by atoms with van der Waals surface area (Å²) in [6, 6.07) is 0. The Hall–Kier alpha value is 0.150. The number of alkyl halides is 1. The molecule has 16 heavy (non-hydrogen) atoms. The van der Waals surface area contributed by atoms with E-state index in [1.807, 2.05) is 4.90 Å². The maximum absolute atomic E-state index is 12.1. The molecule has 0 aromatic carbocycles. The molecule has 92 valence electrons. The van der Waals surface area contributed by atoms with Crippen molar-refractivity contribution in [1.29, 1.82) is 0 Å². The Labute approximate surface area is 110 Å². The van der Waals surface area contributed by atoms with Gasteiger partial charge in [0, 0.05) is 22.9 Å². The van der Waals surface area contributed by atoms with Crippen LogP contribution in [0.3, 0.4) is 0 Å². The highest BCUT2D eigenvalue weighted by Crippen LogP contribution is 2.25. The minimum Gasteiger partial charge on any atom is -0.341 e. The lowest BCUT2D eigenvalue weighted by Gasteiger charge is -2.26. The van der Waals surface area contributed by atoms with Crippen molar-refractivity contribution in [3.05, 3.63) is 0 Å². The average Bonchev–Trinajstić information content (AvgIpc) is 2.64. The van der Waals surface area contributed by atoms with Gasteiger partial charge in [-0.05, 0) is 19.3 Å². The number of halogens is 1. The molecule has 6 heteroatoms. The van der Waals surface area contributed by atoms with Crippen molar-refractivity contribution in [1.82, 2.24) is 4.90 Å². The third-order valence-electron chi connectivity index (χ3n) is 3.35. The first kappa shape index (κ1) is 12.6. The van der Waals surface area contributed by atoms with Gasteiger partial charge in [-0.1, -0.05) is 22.6 Å². The second kappa shape index (κ2) is 4.80. The van der Waals surface area contributed by atoms with Gasteiger partial charge in [-0.2, -0.15) is 0 Å². The number of sulfone groups is 1. The molecule has 0 aromatic rings. The molecular weight excluding hydrogens is 341 g/mol. The van der Waals surface area contributed by atoms with Gasteiger partial charge in [0.25, 0.3) is 0 Å². The summed E-state index contributed by atoms with van der Waals surface area (Å²) in [6.07, 6.45) is 2.10. The highest BCUT2D eigenvalue weighted by Gasteiger charge is 2.33. The van der Waals surface area contributed by atoms with Crippen molar-refractivity contribution in [2.75, 3.05) is 24.6 Å². The quantitative estimate of drug-likeness (QED) is 0.517. The van der Waals surface area contributed by atoms with Gasteiger partial charge < -0.3 is 4.90 Å². The molecule has 4 nitrogen and oxygen atoms in total. The van der Waals surface area contributed by atoms with Crippen molar-refractivity contribution >= 4 is 38.3 Å². The van der Waals surface area contributed by atoms with E-state index >= 15 is 0 Å². The maximum Gasteiger partial charge on any atom is 0.225 e. The smallest absolute Gasteiger partial charge is 0.225 e. The summed E-state index contributed by atoms with van der Waals surface area (Å²) in [5.41, 5.74) is 0. The number of likely N-dealkylation sites (tertiary alicyclic amines) is 1. The summed E-state index contributed by atoms with van der Waals surface area (Å²) >= 11 is 2.37. The van der Waals surface area contributed by atoms with Crippen LogP contribution in [0, 0.1) is 5.92 Å². The van der Waals surface area contributed by atoms with E-state index in [4.69, 9.17) is 0 Å². The number of hydrogen-bond donors (Lipinski definition) is 0. The number of rotatable bonds is 1. The maximum atomic E-state index is 12.1. The third kappa shape index (κ3) is 2.88. The normalized spacial score (nSPS) is 30.6. The monoisotopic (exact) mass is 357 g/mol. The fourth-order valence-corrected chi connectivity index (χ4v) is 4.56. The van der Waals surface area contributed by atoms with Crippen molar-refractivity contribution in [2.24, 2.45) is 5.92 Å². The molecule has 2 saturated heterocycles. The molecule has 0 bridgehead atoms. The highest BCUT2D eigenvalue weighted by atomic mass is 127. The van der Waals surface area contributed by atoms with Gasteiger partial charge in [0.1, 0.15) is 9.84 Å². The second-order valence-electron chi connectivity index (χ2n) is 4.60. The van der Waals surface area contributed by atoms with Gasteiger partial charge in [0.05, 0.1) is 11.5 Å². The molecule has 0 N–H and O–H groups in total. The zero-order valence-corrected chi connectivity index (χ0v) is 12.0. The first-order valence-electron chi connectivity index (χ1n) is 5.61. The molecule has 0 spiro atoms. The third-order valence-corrected chi connectivity index (χ3v) is 6.08. The predicted molar refractivity (Wildman–Crippen MR) is 70.4 cm³/mol. The van der Waals surface area contributed by atoms with Crippen LogP contribution in [-0.4, -0.2) is 47.7 Å². The molecular formula is C10H16INO3S. The number of carbonyl (C=O) groups excluding carboxylic acids is 1. The molecule has 2 fully saturated rings. The number of carbonyl (C=O) groups is 1. The van der Waals surface area contributed by atoms with Gasteiger partial charge in [0.15, 0.2) is 0 Å². The summed E-state index contributed by atoms with van der Waals surface area (Å²) < 4.78 is 23.1. The molecule has 1 atom stereocenters. The Morgan fingerprint density at radius 2 is 1.81 bits per heavy atom. The fourth-order valence-electron chi connectivity index (χ4n) is 2.31. The van der Waals surface area contributed by atoms with Crippen LogP contribution >= 0.6 is 22.6 Å². The molecule has 2 heterocycles. The molecule has 2 rings (SSSR count). The van der Waals surface area contributed by atoms with E-state index in [0.717, 1.165) is 19.5 Å². The van der Waals surface area contributed by atoms with Crippen molar-refractivity contribution < 1.29 is 13.2 Å². The number of nitrogens with zero attached hydrogens (tertiary/aromatic N) is 1. The van der Waals surface area contributed by atoms with Gasteiger partial charge >= 0.3 is 0 Å². The first-order chi connectivity index (χ1) is 7.48. The van der Waals surface area contributed by atoms with E-state index in [-0.39, 0.29) is 23.3 Å². The Bertz CT molecular complexity index is 368. The standard InChI is InChI=1S/C10H16INO3S/c11-9-1-4-12(7-9)10(13)8-2-5-16(14,15)6-3-8/h8-9H,1-7H2/t9-/m0/s1. The molecule has 0 unspecified atom stereocenters. The summed E-state index contributed by atoms with van der Waals surface area (Å²) in [4.78, 5) is 14.0.